The molecule has 2 aromatic carbocycles. The molecule has 2 aliphatic rings. The summed E-state index contributed by atoms with van der Waals surface area (Å²) in [5.74, 6) is -2.50. The Kier molecular flexibility index (Phi) is 8.66. The van der Waals surface area contributed by atoms with E-state index in [9.17, 15) is 23.9 Å². The second-order valence-electron chi connectivity index (χ2n) is 9.46. The molecule has 2 aromatic rings. The summed E-state index contributed by atoms with van der Waals surface area (Å²) >= 11 is 5.87. The minimum Gasteiger partial charge on any atom is -0.465 e. The highest BCUT2D eigenvalue weighted by molar-refractivity contribution is 6.30. The molecular weight excluding hydrogens is 503 g/mol. The Morgan fingerprint density at radius 3 is 2.51 bits per heavy atom. The smallest absolute Gasteiger partial charge is 0.417 e. The molecule has 1 aliphatic carbocycles. The van der Waals surface area contributed by atoms with Gasteiger partial charge in [0.25, 0.3) is 0 Å². The molecule has 37 heavy (non-hydrogen) atoms. The topological polar surface area (TPSA) is 96.4 Å². The summed E-state index contributed by atoms with van der Waals surface area (Å²) in [7, 11) is 1.63. The van der Waals surface area contributed by atoms with Crippen LogP contribution in [0.2, 0.25) is 5.02 Å². The van der Waals surface area contributed by atoms with Gasteiger partial charge in [-0.15, -0.1) is 0 Å². The minimum atomic E-state index is -1.18. The van der Waals surface area contributed by atoms with E-state index in [0.29, 0.717) is 32.1 Å². The van der Waals surface area contributed by atoms with Crippen molar-refractivity contribution in [1.29, 1.82) is 0 Å². The number of benzene rings is 2. The van der Waals surface area contributed by atoms with Crippen molar-refractivity contribution in [2.75, 3.05) is 20.3 Å². The van der Waals surface area contributed by atoms with Crippen molar-refractivity contribution in [3.05, 3.63) is 70.5 Å². The maximum absolute atomic E-state index is 14.5. The van der Waals surface area contributed by atoms with Crippen LogP contribution in [0.1, 0.15) is 42.7 Å². The van der Waals surface area contributed by atoms with Gasteiger partial charge in [-0.3, -0.25) is 4.79 Å². The van der Waals surface area contributed by atoms with Crippen molar-refractivity contribution in [1.82, 2.24) is 9.80 Å². The molecule has 1 N–H and O–H groups in total. The average Bonchev–Trinajstić information content (AvgIpc) is 3.26. The number of carbonyl (C=O) groups is 3. The number of amides is 3. The SMILES string of the molecule is COC1CCC(N(C[C@H](C(=O)N2C(=O)OC[C@H]2Cc2ccccc2)c2ccc(Cl)c(F)c2)C(=O)O)CC1. The van der Waals surface area contributed by atoms with E-state index in [0.717, 1.165) is 16.5 Å². The average molecular weight is 533 g/mol. The molecule has 1 aliphatic heterocycles. The fourth-order valence-electron chi connectivity index (χ4n) is 5.16. The number of hydrogen-bond donors (Lipinski definition) is 1. The lowest BCUT2D eigenvalue weighted by atomic mass is 9.90. The Labute approximate surface area is 219 Å². The predicted molar refractivity (Wildman–Crippen MR) is 134 cm³/mol. The van der Waals surface area contributed by atoms with Crippen LogP contribution in [0.4, 0.5) is 14.0 Å². The van der Waals surface area contributed by atoms with Gasteiger partial charge in [-0.25, -0.2) is 18.9 Å². The number of rotatable bonds is 8. The molecule has 1 heterocycles. The highest BCUT2D eigenvalue weighted by atomic mass is 35.5. The molecule has 1 saturated carbocycles. The molecule has 0 aromatic heterocycles. The normalized spacial score (nSPS) is 22.4. The maximum atomic E-state index is 14.5. The second kappa shape index (κ2) is 11.9. The summed E-state index contributed by atoms with van der Waals surface area (Å²) in [5.41, 5.74) is 1.15. The van der Waals surface area contributed by atoms with Crippen molar-refractivity contribution in [3.63, 3.8) is 0 Å². The number of cyclic esters (lactones) is 1. The van der Waals surface area contributed by atoms with E-state index in [1.165, 1.54) is 17.0 Å². The first kappa shape index (κ1) is 26.9. The number of carbonyl (C=O) groups excluding carboxylic acids is 2. The standard InChI is InChI=1S/C27H30ClFN2O6/c1-36-21-10-8-19(9-11-21)30(26(33)34)15-22(18-7-12-23(28)24(29)14-18)25(32)31-20(16-37-27(31)35)13-17-5-3-2-4-6-17/h2-7,12,14,19-22H,8-11,13,15-16H2,1H3,(H,33,34)/t19?,20-,21?,22+/m1/s1. The van der Waals surface area contributed by atoms with Gasteiger partial charge in [0.1, 0.15) is 12.4 Å². The summed E-state index contributed by atoms with van der Waals surface area (Å²) in [6.45, 7) is -0.218. The Morgan fingerprint density at radius 1 is 1.19 bits per heavy atom. The first-order chi connectivity index (χ1) is 17.8. The van der Waals surface area contributed by atoms with E-state index < -0.39 is 35.9 Å². The summed E-state index contributed by atoms with van der Waals surface area (Å²) < 4.78 is 25.1. The van der Waals surface area contributed by atoms with E-state index in [-0.39, 0.29) is 35.9 Å². The lowest BCUT2D eigenvalue weighted by molar-refractivity contribution is -0.131. The van der Waals surface area contributed by atoms with Crippen LogP contribution in [0.3, 0.4) is 0 Å². The fraction of sp³-hybridized carbons (Fsp3) is 0.444. The number of methoxy groups -OCH3 is 1. The number of halogens is 2. The van der Waals surface area contributed by atoms with Crippen molar-refractivity contribution >= 4 is 29.7 Å². The molecule has 10 heteroatoms. The van der Waals surface area contributed by atoms with Gasteiger partial charge in [-0.1, -0.05) is 48.0 Å². The van der Waals surface area contributed by atoms with Crippen molar-refractivity contribution in [3.8, 4) is 0 Å². The number of ether oxygens (including phenoxy) is 2. The van der Waals surface area contributed by atoms with Gasteiger partial charge in [0.2, 0.25) is 5.91 Å². The quantitative estimate of drug-likeness (QED) is 0.508. The van der Waals surface area contributed by atoms with Gasteiger partial charge in [-0.05, 0) is 55.4 Å². The van der Waals surface area contributed by atoms with Crippen LogP contribution < -0.4 is 0 Å². The Morgan fingerprint density at radius 2 is 1.89 bits per heavy atom. The molecule has 8 nitrogen and oxygen atoms in total. The summed E-state index contributed by atoms with van der Waals surface area (Å²) in [4.78, 5) is 41.2. The molecule has 0 spiro atoms. The van der Waals surface area contributed by atoms with Crippen LogP contribution in [0, 0.1) is 5.82 Å². The van der Waals surface area contributed by atoms with Crippen LogP contribution in [-0.4, -0.2) is 71.4 Å². The fourth-order valence-corrected chi connectivity index (χ4v) is 5.28. The van der Waals surface area contributed by atoms with E-state index in [2.05, 4.69) is 0 Å². The summed E-state index contributed by atoms with van der Waals surface area (Å²) in [6.07, 6.45) is 0.988. The van der Waals surface area contributed by atoms with Gasteiger partial charge >= 0.3 is 12.2 Å². The molecule has 0 bridgehead atoms. The third kappa shape index (κ3) is 6.22. The zero-order chi connectivity index (χ0) is 26.5. The lowest BCUT2D eigenvalue weighted by Gasteiger charge is -2.37. The number of carboxylic acid groups (broad SMARTS) is 1. The monoisotopic (exact) mass is 532 g/mol. The molecule has 0 radical (unpaired) electrons. The third-order valence-corrected chi connectivity index (χ3v) is 7.51. The van der Waals surface area contributed by atoms with E-state index in [1.807, 2.05) is 30.3 Å². The van der Waals surface area contributed by atoms with Gasteiger partial charge in [-0.2, -0.15) is 0 Å². The van der Waals surface area contributed by atoms with Crippen molar-refractivity contribution in [2.45, 2.75) is 56.2 Å². The highest BCUT2D eigenvalue weighted by Gasteiger charge is 2.43. The molecular formula is C27H30ClFN2O6. The molecule has 3 amide bonds. The van der Waals surface area contributed by atoms with Crippen LogP contribution in [0.15, 0.2) is 48.5 Å². The Balaban J connectivity index is 1.64. The molecule has 4 rings (SSSR count). The van der Waals surface area contributed by atoms with E-state index in [1.54, 1.807) is 7.11 Å². The Hall–Kier alpha value is -3.17. The van der Waals surface area contributed by atoms with Crippen LogP contribution >= 0.6 is 11.6 Å². The maximum Gasteiger partial charge on any atom is 0.417 e. The van der Waals surface area contributed by atoms with Crippen LogP contribution in [0.5, 0.6) is 0 Å². The van der Waals surface area contributed by atoms with Gasteiger partial charge in [0.05, 0.1) is 23.1 Å². The molecule has 0 unspecified atom stereocenters. The molecule has 198 valence electrons. The van der Waals surface area contributed by atoms with Crippen molar-refractivity contribution < 1.29 is 33.4 Å². The van der Waals surface area contributed by atoms with Crippen LogP contribution in [-0.2, 0) is 20.7 Å². The zero-order valence-corrected chi connectivity index (χ0v) is 21.3. The van der Waals surface area contributed by atoms with Gasteiger partial charge < -0.3 is 19.5 Å². The molecule has 2 fully saturated rings. The van der Waals surface area contributed by atoms with E-state index >= 15 is 0 Å². The van der Waals surface area contributed by atoms with Gasteiger partial charge in [0, 0.05) is 19.7 Å². The Bertz CT molecular complexity index is 1130. The van der Waals surface area contributed by atoms with E-state index in [4.69, 9.17) is 21.1 Å². The van der Waals surface area contributed by atoms with Gasteiger partial charge in [0.15, 0.2) is 0 Å². The first-order valence-electron chi connectivity index (χ1n) is 12.3. The lowest BCUT2D eigenvalue weighted by Crippen LogP contribution is -2.49. The highest BCUT2D eigenvalue weighted by Crippen LogP contribution is 2.31. The largest absolute Gasteiger partial charge is 0.465 e. The third-order valence-electron chi connectivity index (χ3n) is 7.20. The summed E-state index contributed by atoms with van der Waals surface area (Å²) in [6, 6.07) is 12.4. The zero-order valence-electron chi connectivity index (χ0n) is 20.5. The minimum absolute atomic E-state index is 0.0187. The number of hydrogen-bond acceptors (Lipinski definition) is 5. The van der Waals surface area contributed by atoms with Crippen molar-refractivity contribution in [2.24, 2.45) is 0 Å². The second-order valence-corrected chi connectivity index (χ2v) is 9.86. The summed E-state index contributed by atoms with van der Waals surface area (Å²) in [5, 5.41) is 9.95. The first-order valence-corrected chi connectivity index (χ1v) is 12.7. The molecule has 2 atom stereocenters. The molecule has 1 saturated heterocycles. The predicted octanol–water partition coefficient (Wildman–Crippen LogP) is 5.09. The van der Waals surface area contributed by atoms with Crippen LogP contribution in [0.25, 0.3) is 0 Å². The number of imide groups is 1. The number of nitrogens with zero attached hydrogens (tertiary/aromatic N) is 2.